The standard InChI is InChI=1S/C16H22N4O2/c1-2-22-16(21)13-19-9-7-18(8-10-19)11-14-12-20-6-4-3-5-15(20)17-14/h3-6,12H,2,7-11,13H2,1H3. The van der Waals surface area contributed by atoms with Gasteiger partial charge in [-0.05, 0) is 19.1 Å². The third kappa shape index (κ3) is 3.64. The van der Waals surface area contributed by atoms with Gasteiger partial charge in [0.05, 0.1) is 18.8 Å². The summed E-state index contributed by atoms with van der Waals surface area (Å²) < 4.78 is 7.04. The molecule has 1 aliphatic rings. The van der Waals surface area contributed by atoms with Gasteiger partial charge in [0, 0.05) is 45.1 Å². The number of imidazole rings is 1. The maximum Gasteiger partial charge on any atom is 0.320 e. The van der Waals surface area contributed by atoms with Crippen LogP contribution >= 0.6 is 0 Å². The lowest BCUT2D eigenvalue weighted by atomic mass is 10.3. The maximum atomic E-state index is 11.5. The molecule has 1 saturated heterocycles. The first-order chi connectivity index (χ1) is 10.7. The lowest BCUT2D eigenvalue weighted by Crippen LogP contribution is -2.47. The highest BCUT2D eigenvalue weighted by Crippen LogP contribution is 2.10. The van der Waals surface area contributed by atoms with E-state index in [0.29, 0.717) is 13.2 Å². The zero-order chi connectivity index (χ0) is 15.4. The zero-order valence-electron chi connectivity index (χ0n) is 12.9. The van der Waals surface area contributed by atoms with Crippen LogP contribution in [0.4, 0.5) is 0 Å². The van der Waals surface area contributed by atoms with Crippen molar-refractivity contribution in [2.45, 2.75) is 13.5 Å². The van der Waals surface area contributed by atoms with Crippen molar-refractivity contribution in [1.82, 2.24) is 19.2 Å². The van der Waals surface area contributed by atoms with Crippen LogP contribution in [-0.2, 0) is 16.1 Å². The second-order valence-corrected chi connectivity index (χ2v) is 5.56. The van der Waals surface area contributed by atoms with Gasteiger partial charge in [-0.25, -0.2) is 4.98 Å². The Balaban J connectivity index is 1.50. The van der Waals surface area contributed by atoms with Crippen LogP contribution in [0, 0.1) is 0 Å². The fraction of sp³-hybridized carbons (Fsp3) is 0.500. The van der Waals surface area contributed by atoms with Crippen LogP contribution < -0.4 is 0 Å². The molecule has 22 heavy (non-hydrogen) atoms. The molecule has 3 rings (SSSR count). The molecule has 0 spiro atoms. The first kappa shape index (κ1) is 15.0. The van der Waals surface area contributed by atoms with E-state index in [4.69, 9.17) is 4.74 Å². The summed E-state index contributed by atoms with van der Waals surface area (Å²) in [6.07, 6.45) is 4.10. The summed E-state index contributed by atoms with van der Waals surface area (Å²) in [6.45, 7) is 7.24. The number of piperazine rings is 1. The lowest BCUT2D eigenvalue weighted by Gasteiger charge is -2.33. The highest BCUT2D eigenvalue weighted by molar-refractivity contribution is 5.71. The van der Waals surface area contributed by atoms with Crippen molar-refractivity contribution in [2.75, 3.05) is 39.3 Å². The molecule has 0 radical (unpaired) electrons. The Morgan fingerprint density at radius 1 is 1.23 bits per heavy atom. The van der Waals surface area contributed by atoms with Crippen molar-refractivity contribution in [1.29, 1.82) is 0 Å². The number of hydrogen-bond acceptors (Lipinski definition) is 5. The van der Waals surface area contributed by atoms with E-state index in [9.17, 15) is 4.79 Å². The third-order valence-corrected chi connectivity index (χ3v) is 3.92. The summed E-state index contributed by atoms with van der Waals surface area (Å²) >= 11 is 0. The summed E-state index contributed by atoms with van der Waals surface area (Å²) in [5, 5.41) is 0. The largest absolute Gasteiger partial charge is 0.465 e. The number of esters is 1. The summed E-state index contributed by atoms with van der Waals surface area (Å²) in [4.78, 5) is 20.7. The summed E-state index contributed by atoms with van der Waals surface area (Å²) in [6, 6.07) is 6.02. The molecule has 0 N–H and O–H groups in total. The van der Waals surface area contributed by atoms with E-state index < -0.39 is 0 Å². The molecule has 0 bridgehead atoms. The average Bonchev–Trinajstić information content (AvgIpc) is 2.91. The molecule has 118 valence electrons. The quantitative estimate of drug-likeness (QED) is 0.772. The van der Waals surface area contributed by atoms with E-state index in [-0.39, 0.29) is 5.97 Å². The second-order valence-electron chi connectivity index (χ2n) is 5.56. The molecule has 6 nitrogen and oxygen atoms in total. The molecule has 0 saturated carbocycles. The predicted octanol–water partition coefficient (Wildman–Crippen LogP) is 1.01. The highest BCUT2D eigenvalue weighted by atomic mass is 16.5. The fourth-order valence-electron chi connectivity index (χ4n) is 2.79. The minimum absolute atomic E-state index is 0.128. The zero-order valence-corrected chi connectivity index (χ0v) is 12.9. The van der Waals surface area contributed by atoms with Crippen LogP contribution in [0.2, 0.25) is 0 Å². The predicted molar refractivity (Wildman–Crippen MR) is 83.5 cm³/mol. The minimum Gasteiger partial charge on any atom is -0.465 e. The molecule has 1 fully saturated rings. The molecular formula is C16H22N4O2. The topological polar surface area (TPSA) is 50.1 Å². The molecule has 0 amide bonds. The van der Waals surface area contributed by atoms with Gasteiger partial charge in [-0.15, -0.1) is 0 Å². The van der Waals surface area contributed by atoms with Crippen LogP contribution in [0.1, 0.15) is 12.6 Å². The number of ether oxygens (including phenoxy) is 1. The van der Waals surface area contributed by atoms with Crippen molar-refractivity contribution < 1.29 is 9.53 Å². The maximum absolute atomic E-state index is 11.5. The summed E-state index contributed by atoms with van der Waals surface area (Å²) in [5.41, 5.74) is 2.07. The first-order valence-corrected chi connectivity index (χ1v) is 7.77. The Morgan fingerprint density at radius 2 is 2.00 bits per heavy atom. The molecule has 1 aliphatic heterocycles. The highest BCUT2D eigenvalue weighted by Gasteiger charge is 2.20. The number of carbonyl (C=O) groups excluding carboxylic acids is 1. The average molecular weight is 302 g/mol. The van der Waals surface area contributed by atoms with Crippen LogP contribution in [0.15, 0.2) is 30.6 Å². The Labute approximate surface area is 130 Å². The van der Waals surface area contributed by atoms with Crippen LogP contribution in [0.5, 0.6) is 0 Å². The molecule has 0 unspecified atom stereocenters. The number of carbonyl (C=O) groups is 1. The molecular weight excluding hydrogens is 280 g/mol. The van der Waals surface area contributed by atoms with E-state index >= 15 is 0 Å². The Bertz CT molecular complexity index is 599. The van der Waals surface area contributed by atoms with Gasteiger partial charge in [0.15, 0.2) is 0 Å². The van der Waals surface area contributed by atoms with Crippen molar-refractivity contribution in [3.63, 3.8) is 0 Å². The van der Waals surface area contributed by atoms with Gasteiger partial charge in [-0.2, -0.15) is 0 Å². The Hall–Kier alpha value is -1.92. The van der Waals surface area contributed by atoms with Crippen molar-refractivity contribution in [2.24, 2.45) is 0 Å². The smallest absolute Gasteiger partial charge is 0.320 e. The number of hydrogen-bond donors (Lipinski definition) is 0. The van der Waals surface area contributed by atoms with Crippen LogP contribution in [0.25, 0.3) is 5.65 Å². The van der Waals surface area contributed by atoms with E-state index in [1.54, 1.807) is 0 Å². The van der Waals surface area contributed by atoms with Crippen molar-refractivity contribution in [3.8, 4) is 0 Å². The number of aromatic nitrogens is 2. The van der Waals surface area contributed by atoms with Gasteiger partial charge in [0.25, 0.3) is 0 Å². The number of pyridine rings is 1. The summed E-state index contributed by atoms with van der Waals surface area (Å²) in [7, 11) is 0. The monoisotopic (exact) mass is 302 g/mol. The normalized spacial score (nSPS) is 17.0. The van der Waals surface area contributed by atoms with E-state index in [1.807, 2.05) is 35.7 Å². The van der Waals surface area contributed by atoms with Gasteiger partial charge < -0.3 is 9.14 Å². The van der Waals surface area contributed by atoms with Gasteiger partial charge in [-0.1, -0.05) is 6.07 Å². The molecule has 0 aliphatic carbocycles. The van der Waals surface area contributed by atoms with Gasteiger partial charge in [0.1, 0.15) is 5.65 Å². The SMILES string of the molecule is CCOC(=O)CN1CCN(Cc2cn3ccccc3n2)CC1. The van der Waals surface area contributed by atoms with Crippen LogP contribution in [-0.4, -0.2) is 64.5 Å². The van der Waals surface area contributed by atoms with E-state index in [0.717, 1.165) is 44.1 Å². The number of rotatable bonds is 5. The number of fused-ring (bicyclic) bond motifs is 1. The van der Waals surface area contributed by atoms with Gasteiger partial charge in [0.2, 0.25) is 0 Å². The molecule has 2 aromatic heterocycles. The van der Waals surface area contributed by atoms with E-state index in [2.05, 4.69) is 21.0 Å². The number of nitrogens with zero attached hydrogens (tertiary/aromatic N) is 4. The minimum atomic E-state index is -0.128. The fourth-order valence-corrected chi connectivity index (χ4v) is 2.79. The Kier molecular flexibility index (Phi) is 4.70. The molecule has 6 heteroatoms. The molecule has 2 aromatic rings. The first-order valence-electron chi connectivity index (χ1n) is 7.77. The van der Waals surface area contributed by atoms with Crippen molar-refractivity contribution >= 4 is 11.6 Å². The van der Waals surface area contributed by atoms with E-state index in [1.165, 1.54) is 0 Å². The summed E-state index contributed by atoms with van der Waals surface area (Å²) in [5.74, 6) is -0.128. The molecule has 0 aromatic carbocycles. The van der Waals surface area contributed by atoms with Gasteiger partial charge >= 0.3 is 5.97 Å². The molecule has 0 atom stereocenters. The van der Waals surface area contributed by atoms with Crippen LogP contribution in [0.3, 0.4) is 0 Å². The molecule has 3 heterocycles. The van der Waals surface area contributed by atoms with Crippen molar-refractivity contribution in [3.05, 3.63) is 36.3 Å². The van der Waals surface area contributed by atoms with Gasteiger partial charge in [-0.3, -0.25) is 14.6 Å². The third-order valence-electron chi connectivity index (χ3n) is 3.92. The lowest BCUT2D eigenvalue weighted by molar-refractivity contribution is -0.144. The Morgan fingerprint density at radius 3 is 2.73 bits per heavy atom. The second kappa shape index (κ2) is 6.89.